The molecule has 152 valence electrons. The number of benzene rings is 2. The maximum absolute atomic E-state index is 12.9. The van der Waals surface area contributed by atoms with Crippen molar-refractivity contribution < 1.29 is 34.3 Å². The van der Waals surface area contributed by atoms with E-state index in [2.05, 4.69) is 0 Å². The Bertz CT molecular complexity index is 1090. The molecular formula is C21H20O8. The first kappa shape index (κ1) is 19.4. The maximum Gasteiger partial charge on any atom is 0.229 e. The molecule has 4 N–H and O–H groups in total. The molecule has 1 aromatic heterocycles. The second kappa shape index (κ2) is 7.49. The van der Waals surface area contributed by atoms with Crippen molar-refractivity contribution in [1.29, 1.82) is 0 Å². The number of aliphatic hydroxyl groups is 3. The van der Waals surface area contributed by atoms with Crippen LogP contribution in [-0.4, -0.2) is 51.6 Å². The van der Waals surface area contributed by atoms with E-state index in [1.165, 1.54) is 18.4 Å². The van der Waals surface area contributed by atoms with E-state index in [-0.39, 0.29) is 22.1 Å². The Balaban J connectivity index is 1.69. The van der Waals surface area contributed by atoms with Crippen molar-refractivity contribution in [3.8, 4) is 22.6 Å². The van der Waals surface area contributed by atoms with E-state index >= 15 is 0 Å². The van der Waals surface area contributed by atoms with Crippen molar-refractivity contribution in [3.63, 3.8) is 0 Å². The standard InChI is InChI=1S/C21H20O8/c1-10-2-4-11(5-3-10)13-9-27-20-12(16(13)23)6-7-14(18(20)25)28-21-19(26)17(24)15(8-22)29-21/h2-7,9,15,17,19,21-22,24-26H,8H2,1H3/t15-,17-,19+,21+/m1/s1. The van der Waals surface area contributed by atoms with Crippen molar-refractivity contribution in [2.45, 2.75) is 31.5 Å². The summed E-state index contributed by atoms with van der Waals surface area (Å²) in [7, 11) is 0. The smallest absolute Gasteiger partial charge is 0.229 e. The fourth-order valence-corrected chi connectivity index (χ4v) is 3.28. The van der Waals surface area contributed by atoms with Gasteiger partial charge in [0.1, 0.15) is 24.6 Å². The van der Waals surface area contributed by atoms with Gasteiger partial charge in [0.15, 0.2) is 11.3 Å². The van der Waals surface area contributed by atoms with E-state index in [1.807, 2.05) is 31.2 Å². The van der Waals surface area contributed by atoms with Crippen LogP contribution < -0.4 is 10.2 Å². The topological polar surface area (TPSA) is 130 Å². The molecule has 0 saturated carbocycles. The fraction of sp³-hybridized carbons (Fsp3) is 0.286. The van der Waals surface area contributed by atoms with Gasteiger partial charge in [0.05, 0.1) is 17.6 Å². The van der Waals surface area contributed by atoms with Crippen molar-refractivity contribution in [3.05, 3.63) is 58.4 Å². The summed E-state index contributed by atoms with van der Waals surface area (Å²) in [6.45, 7) is 1.44. The summed E-state index contributed by atoms with van der Waals surface area (Å²) in [4.78, 5) is 12.9. The second-order valence-electron chi connectivity index (χ2n) is 6.96. The molecule has 1 fully saturated rings. The van der Waals surface area contributed by atoms with Crippen molar-refractivity contribution in [2.24, 2.45) is 0 Å². The van der Waals surface area contributed by atoms with Crippen LogP contribution >= 0.6 is 0 Å². The third-order valence-corrected chi connectivity index (χ3v) is 4.98. The van der Waals surface area contributed by atoms with E-state index < -0.39 is 37.0 Å². The highest BCUT2D eigenvalue weighted by Crippen LogP contribution is 2.36. The Kier molecular flexibility index (Phi) is 5.01. The minimum atomic E-state index is -1.42. The van der Waals surface area contributed by atoms with E-state index in [0.29, 0.717) is 11.1 Å². The predicted octanol–water partition coefficient (Wildman–Crippen LogP) is 1.29. The quantitative estimate of drug-likeness (QED) is 0.516. The van der Waals surface area contributed by atoms with E-state index in [9.17, 15) is 20.1 Å². The number of phenols is 1. The summed E-state index contributed by atoms with van der Waals surface area (Å²) in [5, 5.41) is 39.6. The predicted molar refractivity (Wildman–Crippen MR) is 103 cm³/mol. The molecule has 29 heavy (non-hydrogen) atoms. The van der Waals surface area contributed by atoms with Gasteiger partial charge >= 0.3 is 0 Å². The van der Waals surface area contributed by atoms with Crippen LogP contribution in [0.25, 0.3) is 22.1 Å². The number of hydrogen-bond donors (Lipinski definition) is 4. The molecule has 1 aliphatic heterocycles. The highest BCUT2D eigenvalue weighted by atomic mass is 16.7. The summed E-state index contributed by atoms with van der Waals surface area (Å²) in [5.74, 6) is -0.536. The summed E-state index contributed by atoms with van der Waals surface area (Å²) in [6.07, 6.45) is -3.79. The molecule has 2 heterocycles. The Hall–Kier alpha value is -2.91. The Morgan fingerprint density at radius 1 is 1.07 bits per heavy atom. The molecule has 4 rings (SSSR count). The van der Waals surface area contributed by atoms with Gasteiger partial charge in [-0.05, 0) is 24.6 Å². The number of fused-ring (bicyclic) bond motifs is 1. The molecule has 0 spiro atoms. The number of aliphatic hydroxyl groups excluding tert-OH is 3. The molecule has 0 unspecified atom stereocenters. The van der Waals surface area contributed by atoms with Crippen molar-refractivity contribution >= 4 is 11.0 Å². The normalized spacial score (nSPS) is 24.1. The summed E-state index contributed by atoms with van der Waals surface area (Å²) < 4.78 is 16.2. The highest BCUT2D eigenvalue weighted by molar-refractivity contribution is 5.87. The van der Waals surface area contributed by atoms with Gasteiger partial charge in [-0.25, -0.2) is 0 Å². The third-order valence-electron chi connectivity index (χ3n) is 4.98. The third kappa shape index (κ3) is 3.36. The van der Waals surface area contributed by atoms with E-state index in [4.69, 9.17) is 19.0 Å². The van der Waals surface area contributed by atoms with Gasteiger partial charge in [-0.15, -0.1) is 0 Å². The lowest BCUT2D eigenvalue weighted by Gasteiger charge is -2.18. The van der Waals surface area contributed by atoms with Crippen LogP contribution in [0.1, 0.15) is 5.56 Å². The van der Waals surface area contributed by atoms with Crippen molar-refractivity contribution in [1.82, 2.24) is 0 Å². The number of aromatic hydroxyl groups is 1. The van der Waals surface area contributed by atoms with Crippen LogP contribution in [0.2, 0.25) is 0 Å². The monoisotopic (exact) mass is 400 g/mol. The Morgan fingerprint density at radius 3 is 2.45 bits per heavy atom. The zero-order valence-corrected chi connectivity index (χ0v) is 15.5. The average molecular weight is 400 g/mol. The minimum Gasteiger partial charge on any atom is -0.502 e. The zero-order chi connectivity index (χ0) is 20.7. The summed E-state index contributed by atoms with van der Waals surface area (Å²) >= 11 is 0. The number of aryl methyl sites for hydroxylation is 1. The van der Waals surface area contributed by atoms with Crippen LogP contribution in [0.5, 0.6) is 11.5 Å². The van der Waals surface area contributed by atoms with Gasteiger partial charge < -0.3 is 34.3 Å². The van der Waals surface area contributed by atoms with Crippen LogP contribution in [0, 0.1) is 6.92 Å². The molecule has 8 nitrogen and oxygen atoms in total. The van der Waals surface area contributed by atoms with E-state index in [0.717, 1.165) is 5.56 Å². The molecule has 0 radical (unpaired) electrons. The highest BCUT2D eigenvalue weighted by Gasteiger charge is 2.44. The number of phenolic OH excluding ortho intramolecular Hbond substituents is 1. The summed E-state index contributed by atoms with van der Waals surface area (Å²) in [5.41, 5.74) is 1.72. The van der Waals surface area contributed by atoms with Gasteiger partial charge in [0, 0.05) is 0 Å². The van der Waals surface area contributed by atoms with E-state index in [1.54, 1.807) is 0 Å². The summed E-state index contributed by atoms with van der Waals surface area (Å²) in [6, 6.07) is 10.2. The SMILES string of the molecule is Cc1ccc(-c2coc3c(O)c(O[C@H]4O[C@H](CO)[C@@H](O)[C@@H]4O)ccc3c2=O)cc1. The van der Waals surface area contributed by atoms with Gasteiger partial charge in [0.2, 0.25) is 17.5 Å². The van der Waals surface area contributed by atoms with Crippen LogP contribution in [-0.2, 0) is 4.74 Å². The molecular weight excluding hydrogens is 380 g/mol. The Labute approximate surface area is 165 Å². The molecule has 1 aliphatic rings. The first-order valence-corrected chi connectivity index (χ1v) is 9.04. The van der Waals surface area contributed by atoms with Gasteiger partial charge in [-0.1, -0.05) is 29.8 Å². The van der Waals surface area contributed by atoms with Crippen molar-refractivity contribution in [2.75, 3.05) is 6.61 Å². The molecule has 0 amide bonds. The Morgan fingerprint density at radius 2 is 1.79 bits per heavy atom. The maximum atomic E-state index is 12.9. The molecule has 0 bridgehead atoms. The van der Waals surface area contributed by atoms with Crippen LogP contribution in [0.15, 0.2) is 51.9 Å². The average Bonchev–Trinajstić information content (AvgIpc) is 2.99. The lowest BCUT2D eigenvalue weighted by atomic mass is 10.0. The van der Waals surface area contributed by atoms with Gasteiger partial charge in [0.25, 0.3) is 0 Å². The number of hydrogen-bond acceptors (Lipinski definition) is 8. The lowest BCUT2D eigenvalue weighted by Crippen LogP contribution is -2.35. The lowest BCUT2D eigenvalue weighted by molar-refractivity contribution is -0.117. The molecule has 1 saturated heterocycles. The second-order valence-corrected chi connectivity index (χ2v) is 6.96. The first-order valence-electron chi connectivity index (χ1n) is 9.04. The molecule has 0 aliphatic carbocycles. The molecule has 2 aromatic carbocycles. The molecule has 3 aromatic rings. The molecule has 8 heteroatoms. The van der Waals surface area contributed by atoms with Gasteiger partial charge in [-0.2, -0.15) is 0 Å². The van der Waals surface area contributed by atoms with Crippen LogP contribution in [0.4, 0.5) is 0 Å². The minimum absolute atomic E-state index is 0.0740. The van der Waals surface area contributed by atoms with Crippen LogP contribution in [0.3, 0.4) is 0 Å². The largest absolute Gasteiger partial charge is 0.502 e. The number of rotatable bonds is 4. The van der Waals surface area contributed by atoms with Gasteiger partial charge in [-0.3, -0.25) is 4.79 Å². The fourth-order valence-electron chi connectivity index (χ4n) is 3.28. The first-order chi connectivity index (χ1) is 13.9. The number of ether oxygens (including phenoxy) is 2. The zero-order valence-electron chi connectivity index (χ0n) is 15.5. The molecule has 4 atom stereocenters.